The third-order valence-electron chi connectivity index (χ3n) is 2.56. The van der Waals surface area contributed by atoms with Crippen LogP contribution in [0.15, 0.2) is 53.6 Å². The van der Waals surface area contributed by atoms with Crippen molar-refractivity contribution in [1.82, 2.24) is 0 Å². The summed E-state index contributed by atoms with van der Waals surface area (Å²) >= 11 is 0. The van der Waals surface area contributed by atoms with Crippen molar-refractivity contribution in [2.24, 2.45) is 5.10 Å². The number of aromatic hydroxyl groups is 1. The zero-order valence-corrected chi connectivity index (χ0v) is 10.2. The molecule has 2 rings (SSSR count). The van der Waals surface area contributed by atoms with Crippen LogP contribution in [0, 0.1) is 0 Å². The van der Waals surface area contributed by atoms with Gasteiger partial charge < -0.3 is 5.11 Å². The van der Waals surface area contributed by atoms with E-state index in [2.05, 4.69) is 10.5 Å². The molecule has 2 N–H and O–H groups in total. The van der Waals surface area contributed by atoms with E-state index in [1.807, 2.05) is 0 Å². The molecular formula is C14H11F3N2O. The second-order valence-electron chi connectivity index (χ2n) is 3.97. The first-order chi connectivity index (χ1) is 9.48. The Kier molecular flexibility index (Phi) is 3.93. The number of hydrogen-bond acceptors (Lipinski definition) is 3. The molecule has 0 bridgehead atoms. The van der Waals surface area contributed by atoms with Crippen LogP contribution in [0.1, 0.15) is 11.1 Å². The molecule has 0 saturated heterocycles. The van der Waals surface area contributed by atoms with Gasteiger partial charge in [-0.05, 0) is 24.3 Å². The molecule has 0 unspecified atom stereocenters. The smallest absolute Gasteiger partial charge is 0.418 e. The van der Waals surface area contributed by atoms with Crippen LogP contribution >= 0.6 is 0 Å². The van der Waals surface area contributed by atoms with Crippen molar-refractivity contribution in [2.45, 2.75) is 6.18 Å². The maximum absolute atomic E-state index is 12.7. The van der Waals surface area contributed by atoms with Crippen LogP contribution < -0.4 is 5.43 Å². The van der Waals surface area contributed by atoms with Gasteiger partial charge in [0.15, 0.2) is 0 Å². The third-order valence-corrected chi connectivity index (χ3v) is 2.56. The van der Waals surface area contributed by atoms with Crippen molar-refractivity contribution in [2.75, 3.05) is 5.43 Å². The standard InChI is InChI=1S/C14H11F3N2O/c15-14(16,17)11-6-2-3-7-12(11)19-18-9-10-5-1-4-8-13(10)20/h1-9,19-20H. The normalized spacial score (nSPS) is 11.8. The summed E-state index contributed by atoms with van der Waals surface area (Å²) in [6.07, 6.45) is -3.20. The van der Waals surface area contributed by atoms with Gasteiger partial charge in [-0.2, -0.15) is 18.3 Å². The number of phenolic OH excluding ortho intramolecular Hbond substituents is 1. The predicted molar refractivity (Wildman–Crippen MR) is 70.8 cm³/mol. The molecule has 0 saturated carbocycles. The van der Waals surface area contributed by atoms with Gasteiger partial charge in [-0.15, -0.1) is 0 Å². The van der Waals surface area contributed by atoms with Gasteiger partial charge in [0, 0.05) is 5.56 Å². The minimum Gasteiger partial charge on any atom is -0.507 e. The number of hydrogen-bond donors (Lipinski definition) is 2. The average Bonchev–Trinajstić information content (AvgIpc) is 2.40. The van der Waals surface area contributed by atoms with Crippen molar-refractivity contribution >= 4 is 11.9 Å². The van der Waals surface area contributed by atoms with Gasteiger partial charge in [-0.25, -0.2) is 0 Å². The molecule has 6 heteroatoms. The van der Waals surface area contributed by atoms with Gasteiger partial charge in [-0.1, -0.05) is 24.3 Å². The Morgan fingerprint density at radius 2 is 1.65 bits per heavy atom. The first kappa shape index (κ1) is 13.9. The van der Waals surface area contributed by atoms with Crippen molar-refractivity contribution in [3.8, 4) is 5.75 Å². The highest BCUT2D eigenvalue weighted by Gasteiger charge is 2.33. The van der Waals surface area contributed by atoms with Crippen LogP contribution in [0.2, 0.25) is 0 Å². The van der Waals surface area contributed by atoms with Crippen molar-refractivity contribution in [3.05, 3.63) is 59.7 Å². The molecule has 104 valence electrons. The molecular weight excluding hydrogens is 269 g/mol. The summed E-state index contributed by atoms with van der Waals surface area (Å²) < 4.78 is 38.2. The summed E-state index contributed by atoms with van der Waals surface area (Å²) in [5, 5.41) is 13.2. The van der Waals surface area contributed by atoms with E-state index < -0.39 is 11.7 Å². The lowest BCUT2D eigenvalue weighted by molar-refractivity contribution is -0.136. The number of anilines is 1. The first-order valence-corrected chi connectivity index (χ1v) is 5.72. The first-order valence-electron chi connectivity index (χ1n) is 5.72. The second kappa shape index (κ2) is 5.64. The van der Waals surface area contributed by atoms with Gasteiger partial charge >= 0.3 is 6.18 Å². The molecule has 0 amide bonds. The summed E-state index contributed by atoms with van der Waals surface area (Å²) in [4.78, 5) is 0. The fraction of sp³-hybridized carbons (Fsp3) is 0.0714. The highest BCUT2D eigenvalue weighted by molar-refractivity contribution is 5.83. The van der Waals surface area contributed by atoms with Crippen LogP contribution in [0.5, 0.6) is 5.75 Å². The lowest BCUT2D eigenvalue weighted by Gasteiger charge is -2.11. The van der Waals surface area contributed by atoms with E-state index >= 15 is 0 Å². The van der Waals surface area contributed by atoms with E-state index in [-0.39, 0.29) is 11.4 Å². The summed E-state index contributed by atoms with van der Waals surface area (Å²) in [7, 11) is 0. The summed E-state index contributed by atoms with van der Waals surface area (Å²) in [6, 6.07) is 11.4. The molecule has 0 aromatic heterocycles. The number of hydrazone groups is 1. The number of halogens is 3. The van der Waals surface area contributed by atoms with Gasteiger partial charge in [0.1, 0.15) is 5.75 Å². The van der Waals surface area contributed by atoms with Gasteiger partial charge in [0.05, 0.1) is 17.5 Å². The van der Waals surface area contributed by atoms with Crippen molar-refractivity contribution in [1.29, 1.82) is 0 Å². The predicted octanol–water partition coefficient (Wildman–Crippen LogP) is 3.86. The second-order valence-corrected chi connectivity index (χ2v) is 3.97. The number of nitrogens with one attached hydrogen (secondary N) is 1. The van der Waals surface area contributed by atoms with Gasteiger partial charge in [0.25, 0.3) is 0 Å². The Morgan fingerprint density at radius 1 is 1.00 bits per heavy atom. The molecule has 0 fully saturated rings. The summed E-state index contributed by atoms with van der Waals surface area (Å²) in [5.74, 6) is 0.00200. The number of alkyl halides is 3. The van der Waals surface area contributed by atoms with E-state index in [4.69, 9.17) is 0 Å². The summed E-state index contributed by atoms with van der Waals surface area (Å²) in [6.45, 7) is 0. The zero-order valence-electron chi connectivity index (χ0n) is 10.2. The molecule has 0 aliphatic carbocycles. The molecule has 3 nitrogen and oxygen atoms in total. The number of phenols is 1. The molecule has 0 radical (unpaired) electrons. The topological polar surface area (TPSA) is 44.6 Å². The lowest BCUT2D eigenvalue weighted by Crippen LogP contribution is -2.08. The quantitative estimate of drug-likeness (QED) is 0.662. The van der Waals surface area contributed by atoms with Crippen LogP contribution in [0.3, 0.4) is 0 Å². The minimum atomic E-state index is -4.45. The Labute approximate surface area is 113 Å². The van der Waals surface area contributed by atoms with Crippen LogP contribution in [0.4, 0.5) is 18.9 Å². The fourth-order valence-electron chi connectivity index (χ4n) is 1.60. The number of nitrogens with zero attached hydrogens (tertiary/aromatic N) is 1. The van der Waals surface area contributed by atoms with Gasteiger partial charge in [-0.3, -0.25) is 5.43 Å². The molecule has 0 heterocycles. The maximum atomic E-state index is 12.7. The SMILES string of the molecule is Oc1ccccc1C=NNc1ccccc1C(F)(F)F. The molecule has 0 aliphatic rings. The maximum Gasteiger partial charge on any atom is 0.418 e. The lowest BCUT2D eigenvalue weighted by atomic mass is 10.2. The Bertz CT molecular complexity index is 624. The molecule has 0 aliphatic heterocycles. The average molecular weight is 280 g/mol. The number of rotatable bonds is 3. The van der Waals surface area contributed by atoms with E-state index in [1.54, 1.807) is 18.2 Å². The third kappa shape index (κ3) is 3.28. The van der Waals surface area contributed by atoms with Crippen LogP contribution in [0.25, 0.3) is 0 Å². The zero-order chi connectivity index (χ0) is 14.6. The summed E-state index contributed by atoms with van der Waals surface area (Å²) in [5.41, 5.74) is 1.80. The van der Waals surface area contributed by atoms with Crippen molar-refractivity contribution in [3.63, 3.8) is 0 Å². The molecule has 20 heavy (non-hydrogen) atoms. The van der Waals surface area contributed by atoms with Crippen LogP contribution in [-0.4, -0.2) is 11.3 Å². The molecule has 2 aromatic rings. The number of para-hydroxylation sites is 2. The fourth-order valence-corrected chi connectivity index (χ4v) is 1.60. The molecule has 2 aromatic carbocycles. The number of benzene rings is 2. The Morgan fingerprint density at radius 3 is 2.35 bits per heavy atom. The van der Waals surface area contributed by atoms with Crippen molar-refractivity contribution < 1.29 is 18.3 Å². The monoisotopic (exact) mass is 280 g/mol. The highest BCUT2D eigenvalue weighted by atomic mass is 19.4. The highest BCUT2D eigenvalue weighted by Crippen LogP contribution is 2.34. The largest absolute Gasteiger partial charge is 0.507 e. The van der Waals surface area contributed by atoms with E-state index in [0.29, 0.717) is 5.56 Å². The van der Waals surface area contributed by atoms with E-state index in [0.717, 1.165) is 6.07 Å². The minimum absolute atomic E-state index is 0.00200. The van der Waals surface area contributed by atoms with E-state index in [1.165, 1.54) is 30.5 Å². The Hall–Kier alpha value is -2.50. The molecule has 0 spiro atoms. The van der Waals surface area contributed by atoms with Crippen LogP contribution in [-0.2, 0) is 6.18 Å². The van der Waals surface area contributed by atoms with Gasteiger partial charge in [0.2, 0.25) is 0 Å². The molecule has 0 atom stereocenters. The van der Waals surface area contributed by atoms with E-state index in [9.17, 15) is 18.3 Å². The Balaban J connectivity index is 2.18.